The van der Waals surface area contributed by atoms with Crippen LogP contribution in [-0.2, 0) is 22.7 Å². The molecule has 8 nitrogen and oxygen atoms in total. The van der Waals surface area contributed by atoms with E-state index in [1.54, 1.807) is 6.20 Å². The number of carbonyl (C=O) groups is 2. The molecular formula is C23H24F3N5O3. The Bertz CT molecular complexity index is 1170. The highest BCUT2D eigenvalue weighted by atomic mass is 19.4. The summed E-state index contributed by atoms with van der Waals surface area (Å²) in [7, 11) is 0. The fraction of sp³-hybridized carbons (Fsp3) is 0.391. The number of likely N-dealkylation sites (tertiary alicyclic amines) is 1. The van der Waals surface area contributed by atoms with E-state index in [9.17, 15) is 18.0 Å². The highest BCUT2D eigenvalue weighted by Crippen LogP contribution is 2.25. The van der Waals surface area contributed by atoms with E-state index in [-0.39, 0.29) is 11.9 Å². The van der Waals surface area contributed by atoms with Gasteiger partial charge in [-0.2, -0.15) is 18.3 Å². The van der Waals surface area contributed by atoms with E-state index >= 15 is 0 Å². The van der Waals surface area contributed by atoms with Crippen LogP contribution in [0.1, 0.15) is 30.3 Å². The van der Waals surface area contributed by atoms with Crippen molar-refractivity contribution in [1.29, 1.82) is 0 Å². The van der Waals surface area contributed by atoms with Crippen LogP contribution in [0, 0.1) is 0 Å². The lowest BCUT2D eigenvalue weighted by atomic mass is 10.1. The quantitative estimate of drug-likeness (QED) is 0.626. The van der Waals surface area contributed by atoms with Gasteiger partial charge < -0.3 is 10.0 Å². The Morgan fingerprint density at radius 3 is 2.47 bits per heavy atom. The minimum Gasteiger partial charge on any atom is -0.475 e. The fourth-order valence-corrected chi connectivity index (χ4v) is 4.24. The highest BCUT2D eigenvalue weighted by molar-refractivity contribution is 5.81. The minimum absolute atomic E-state index is 0.202. The largest absolute Gasteiger partial charge is 0.490 e. The maximum Gasteiger partial charge on any atom is 0.490 e. The molecule has 1 aromatic carbocycles. The summed E-state index contributed by atoms with van der Waals surface area (Å²) < 4.78 is 33.7. The highest BCUT2D eigenvalue weighted by Gasteiger charge is 2.38. The fourth-order valence-electron chi connectivity index (χ4n) is 4.24. The molecule has 0 bridgehead atoms. The average molecular weight is 475 g/mol. The Morgan fingerprint density at radius 1 is 1.06 bits per heavy atom. The van der Waals surface area contributed by atoms with Crippen molar-refractivity contribution in [3.63, 3.8) is 0 Å². The summed E-state index contributed by atoms with van der Waals surface area (Å²) in [5.74, 6) is -2.55. The predicted molar refractivity (Wildman–Crippen MR) is 117 cm³/mol. The molecule has 0 radical (unpaired) electrons. The Kier molecular flexibility index (Phi) is 6.82. The summed E-state index contributed by atoms with van der Waals surface area (Å²) in [6, 6.07) is 14.2. The molecule has 1 unspecified atom stereocenters. The van der Waals surface area contributed by atoms with Crippen molar-refractivity contribution in [3.8, 4) is 0 Å². The van der Waals surface area contributed by atoms with Gasteiger partial charge in [0.15, 0.2) is 0 Å². The van der Waals surface area contributed by atoms with Gasteiger partial charge in [0, 0.05) is 44.3 Å². The molecule has 2 aliphatic heterocycles. The van der Waals surface area contributed by atoms with E-state index in [1.807, 2.05) is 33.8 Å². The molecule has 1 N–H and O–H groups in total. The number of pyridine rings is 1. The van der Waals surface area contributed by atoms with Gasteiger partial charge in [-0.25, -0.2) is 4.79 Å². The van der Waals surface area contributed by atoms with Crippen LogP contribution in [-0.4, -0.2) is 67.4 Å². The van der Waals surface area contributed by atoms with Gasteiger partial charge >= 0.3 is 12.1 Å². The lowest BCUT2D eigenvalue weighted by Crippen LogP contribution is -2.45. The number of carboxylic acids is 1. The number of carboxylic acid groups (broad SMARTS) is 1. The number of amides is 1. The molecule has 0 saturated carbocycles. The maximum absolute atomic E-state index is 13.1. The molecule has 0 spiro atoms. The van der Waals surface area contributed by atoms with Crippen molar-refractivity contribution in [2.75, 3.05) is 19.6 Å². The van der Waals surface area contributed by atoms with Crippen LogP contribution in [0.2, 0.25) is 0 Å². The number of aromatic nitrogens is 3. The Morgan fingerprint density at radius 2 is 1.76 bits per heavy atom. The van der Waals surface area contributed by atoms with Crippen molar-refractivity contribution in [2.24, 2.45) is 0 Å². The topological polar surface area (TPSA) is 91.6 Å². The van der Waals surface area contributed by atoms with E-state index in [4.69, 9.17) is 14.9 Å². The van der Waals surface area contributed by atoms with E-state index in [2.05, 4.69) is 28.2 Å². The molecule has 180 valence electrons. The second-order valence-electron chi connectivity index (χ2n) is 8.28. The lowest BCUT2D eigenvalue weighted by molar-refractivity contribution is -0.192. The number of alkyl halides is 3. The zero-order valence-corrected chi connectivity index (χ0v) is 18.3. The first-order valence-electron chi connectivity index (χ1n) is 10.9. The van der Waals surface area contributed by atoms with E-state index < -0.39 is 12.1 Å². The van der Waals surface area contributed by atoms with Gasteiger partial charge in [0.2, 0.25) is 5.91 Å². The van der Waals surface area contributed by atoms with Gasteiger partial charge in [-0.05, 0) is 31.0 Å². The number of benzene rings is 1. The smallest absolute Gasteiger partial charge is 0.475 e. The normalized spacial score (nSPS) is 18.3. The molecule has 11 heteroatoms. The van der Waals surface area contributed by atoms with Crippen LogP contribution in [0.4, 0.5) is 13.2 Å². The molecule has 4 heterocycles. The molecule has 1 fully saturated rings. The third-order valence-electron chi connectivity index (χ3n) is 5.85. The molecule has 5 rings (SSSR count). The zero-order valence-electron chi connectivity index (χ0n) is 18.3. The monoisotopic (exact) mass is 475 g/mol. The average Bonchev–Trinajstić information content (AvgIpc) is 3.50. The van der Waals surface area contributed by atoms with Gasteiger partial charge in [-0.3, -0.25) is 19.4 Å². The summed E-state index contributed by atoms with van der Waals surface area (Å²) in [6.45, 7) is 3.95. The minimum atomic E-state index is -5.08. The number of fused-ring (bicyclic) bond motifs is 2. The second kappa shape index (κ2) is 9.80. The first kappa shape index (κ1) is 23.7. The molecule has 1 saturated heterocycles. The van der Waals surface area contributed by atoms with Crippen molar-refractivity contribution in [1.82, 2.24) is 24.6 Å². The van der Waals surface area contributed by atoms with Gasteiger partial charge in [-0.15, -0.1) is 0 Å². The molecular weight excluding hydrogens is 451 g/mol. The summed E-state index contributed by atoms with van der Waals surface area (Å²) in [6.07, 6.45) is -1.07. The van der Waals surface area contributed by atoms with Gasteiger partial charge in [-0.1, -0.05) is 24.3 Å². The SMILES string of the molecule is O=C(C1CN(Cc2ccc3ccccc3n2)Cc2ccnn21)N1CCCC1.O=C(O)C(F)(F)F. The Labute approximate surface area is 193 Å². The van der Waals surface area contributed by atoms with E-state index in [0.717, 1.165) is 61.3 Å². The van der Waals surface area contributed by atoms with Crippen LogP contribution in [0.25, 0.3) is 10.9 Å². The number of hydrogen-bond donors (Lipinski definition) is 1. The lowest BCUT2D eigenvalue weighted by Gasteiger charge is -2.34. The summed E-state index contributed by atoms with van der Waals surface area (Å²) >= 11 is 0. The van der Waals surface area contributed by atoms with Crippen LogP contribution >= 0.6 is 0 Å². The number of rotatable bonds is 3. The number of hydrogen-bond acceptors (Lipinski definition) is 5. The molecule has 2 aliphatic rings. The summed E-state index contributed by atoms with van der Waals surface area (Å²) in [4.78, 5) is 31.1. The van der Waals surface area contributed by atoms with Gasteiger partial charge in [0.1, 0.15) is 6.04 Å². The zero-order chi connectivity index (χ0) is 24.3. The number of nitrogens with zero attached hydrogens (tertiary/aromatic N) is 5. The number of halogens is 3. The van der Waals surface area contributed by atoms with Gasteiger partial charge in [0.25, 0.3) is 0 Å². The first-order chi connectivity index (χ1) is 16.2. The van der Waals surface area contributed by atoms with Crippen molar-refractivity contribution in [2.45, 2.75) is 38.1 Å². The summed E-state index contributed by atoms with van der Waals surface area (Å²) in [5.41, 5.74) is 3.15. The summed E-state index contributed by atoms with van der Waals surface area (Å²) in [5, 5.41) is 12.7. The van der Waals surface area contributed by atoms with Gasteiger partial charge in [0.05, 0.1) is 16.9 Å². The predicted octanol–water partition coefficient (Wildman–Crippen LogP) is 3.24. The molecule has 2 aromatic heterocycles. The molecule has 1 atom stereocenters. The van der Waals surface area contributed by atoms with Crippen molar-refractivity contribution >= 4 is 22.8 Å². The second-order valence-corrected chi connectivity index (χ2v) is 8.28. The number of aliphatic carboxylic acids is 1. The van der Waals surface area contributed by atoms with Crippen LogP contribution in [0.15, 0.2) is 48.7 Å². The number of para-hydroxylation sites is 1. The Balaban J connectivity index is 0.000000344. The third kappa shape index (κ3) is 5.36. The van der Waals surface area contributed by atoms with Crippen LogP contribution in [0.3, 0.4) is 0 Å². The third-order valence-corrected chi connectivity index (χ3v) is 5.85. The van der Waals surface area contributed by atoms with E-state index in [1.165, 1.54) is 0 Å². The van der Waals surface area contributed by atoms with Crippen molar-refractivity contribution < 1.29 is 27.9 Å². The molecule has 34 heavy (non-hydrogen) atoms. The Hall–Kier alpha value is -3.47. The standard InChI is InChI=1S/C21H23N5O.C2HF3O2/c27-21(25-11-3-4-12-25)20-15-24(14-18-9-10-22-26(18)20)13-17-8-7-16-5-1-2-6-19(16)23-17;3-2(4,5)1(6)7/h1-2,5-10,20H,3-4,11-15H2;(H,6,7). The van der Waals surface area contributed by atoms with Crippen molar-refractivity contribution in [3.05, 3.63) is 60.0 Å². The van der Waals surface area contributed by atoms with Crippen LogP contribution in [0.5, 0.6) is 0 Å². The number of carbonyl (C=O) groups excluding carboxylic acids is 1. The molecule has 1 amide bonds. The maximum atomic E-state index is 13.1. The van der Waals surface area contributed by atoms with E-state index in [0.29, 0.717) is 6.54 Å². The first-order valence-corrected chi connectivity index (χ1v) is 10.9. The molecule has 0 aliphatic carbocycles. The molecule has 3 aromatic rings. The van der Waals surface area contributed by atoms with Crippen LogP contribution < -0.4 is 0 Å².